The van der Waals surface area contributed by atoms with Crippen LogP contribution in [-0.4, -0.2) is 13.2 Å². The predicted molar refractivity (Wildman–Crippen MR) is 156 cm³/mol. The third-order valence-electron chi connectivity index (χ3n) is 7.17. The molecular weight excluding hydrogens is 566 g/mol. The molecule has 8 heteroatoms. The number of rotatable bonds is 16. The molecule has 0 N–H and O–H groups in total. The smallest absolute Gasteiger partial charge is 0.194 e. The Bertz CT molecular complexity index is 1300. The molecule has 4 aromatic carbocycles. The van der Waals surface area contributed by atoms with Crippen LogP contribution in [-0.2, 0) is 0 Å². The minimum absolute atomic E-state index is 0.267. The maximum absolute atomic E-state index is 13.5. The van der Waals surface area contributed by atoms with E-state index in [0.29, 0.717) is 35.8 Å². The SMILES string of the molecule is Fc1cc(-c2ccc(OCCCCCCCCCCCOc3ccc(-c4cc(F)c(F)c(F)c4)cc3)cc2)cc(F)c1F. The molecule has 0 saturated heterocycles. The van der Waals surface area contributed by atoms with Crippen LogP contribution in [0.15, 0.2) is 72.8 Å². The first-order chi connectivity index (χ1) is 20.8. The van der Waals surface area contributed by atoms with E-state index in [1.807, 2.05) is 0 Å². The zero-order valence-electron chi connectivity index (χ0n) is 23.8. The van der Waals surface area contributed by atoms with E-state index in [0.717, 1.165) is 62.8 Å². The lowest BCUT2D eigenvalue weighted by atomic mass is 10.1. The van der Waals surface area contributed by atoms with Crippen molar-refractivity contribution in [2.75, 3.05) is 13.2 Å². The molecule has 0 aromatic heterocycles. The zero-order chi connectivity index (χ0) is 30.6. The van der Waals surface area contributed by atoms with Crippen molar-refractivity contribution in [1.29, 1.82) is 0 Å². The molecule has 2 nitrogen and oxygen atoms in total. The predicted octanol–water partition coefficient (Wildman–Crippen LogP) is 10.8. The van der Waals surface area contributed by atoms with Gasteiger partial charge < -0.3 is 9.47 Å². The number of halogens is 6. The second-order valence-corrected chi connectivity index (χ2v) is 10.4. The van der Waals surface area contributed by atoms with Gasteiger partial charge >= 0.3 is 0 Å². The Kier molecular flexibility index (Phi) is 11.9. The Labute approximate surface area is 248 Å². The number of ether oxygens (including phenoxy) is 2. The van der Waals surface area contributed by atoms with Gasteiger partial charge in [0.2, 0.25) is 0 Å². The van der Waals surface area contributed by atoms with Crippen molar-refractivity contribution in [1.82, 2.24) is 0 Å². The highest BCUT2D eigenvalue weighted by Gasteiger charge is 2.13. The fourth-order valence-corrected chi connectivity index (χ4v) is 4.75. The molecule has 0 aliphatic carbocycles. The summed E-state index contributed by atoms with van der Waals surface area (Å²) < 4.78 is 91.7. The Morgan fingerprint density at radius 3 is 0.930 bits per heavy atom. The molecule has 43 heavy (non-hydrogen) atoms. The van der Waals surface area contributed by atoms with Gasteiger partial charge in [0.1, 0.15) is 11.5 Å². The fourth-order valence-electron chi connectivity index (χ4n) is 4.75. The number of hydrogen-bond acceptors (Lipinski definition) is 2. The monoisotopic (exact) mass is 600 g/mol. The maximum Gasteiger partial charge on any atom is 0.194 e. The first-order valence-electron chi connectivity index (χ1n) is 14.6. The summed E-state index contributed by atoms with van der Waals surface area (Å²) in [5.74, 6) is -6.46. The van der Waals surface area contributed by atoms with Crippen LogP contribution in [0.3, 0.4) is 0 Å². The van der Waals surface area contributed by atoms with Crippen LogP contribution in [0.2, 0.25) is 0 Å². The summed E-state index contributed by atoms with van der Waals surface area (Å²) in [4.78, 5) is 0. The van der Waals surface area contributed by atoms with Gasteiger partial charge in [0, 0.05) is 0 Å². The lowest BCUT2D eigenvalue weighted by Crippen LogP contribution is -1.98. The molecule has 0 radical (unpaired) electrons. The third-order valence-corrected chi connectivity index (χ3v) is 7.17. The Hall–Kier alpha value is -3.94. The van der Waals surface area contributed by atoms with Crippen LogP contribution in [0.4, 0.5) is 26.3 Å². The number of benzene rings is 4. The normalized spacial score (nSPS) is 11.1. The van der Waals surface area contributed by atoms with E-state index in [2.05, 4.69) is 0 Å². The molecule has 228 valence electrons. The molecular formula is C35H34F6O2. The van der Waals surface area contributed by atoms with E-state index in [1.165, 1.54) is 19.3 Å². The molecule has 0 heterocycles. The second kappa shape index (κ2) is 16.1. The van der Waals surface area contributed by atoms with Crippen molar-refractivity contribution in [3.63, 3.8) is 0 Å². The largest absolute Gasteiger partial charge is 0.494 e. The maximum atomic E-state index is 13.5. The molecule has 4 rings (SSSR count). The van der Waals surface area contributed by atoms with Crippen LogP contribution in [0, 0.1) is 34.9 Å². The summed E-state index contributed by atoms with van der Waals surface area (Å²) in [5, 5.41) is 0. The molecule has 0 fully saturated rings. The lowest BCUT2D eigenvalue weighted by molar-refractivity contribution is 0.302. The molecule has 0 amide bonds. The Balaban J connectivity index is 0.996. The van der Waals surface area contributed by atoms with Gasteiger partial charge in [-0.05, 0) is 83.6 Å². The van der Waals surface area contributed by atoms with Crippen LogP contribution < -0.4 is 9.47 Å². The standard InChI is InChI=1S/C35H34F6O2/c36-30-20-26(21-31(37)34(30)40)24-10-14-28(15-11-24)42-18-8-6-4-2-1-3-5-7-9-19-43-29-16-12-25(13-17-29)27-22-32(38)35(41)33(39)23-27/h10-17,20-23H,1-9,18-19H2. The van der Waals surface area contributed by atoms with Crippen molar-refractivity contribution < 1.29 is 35.8 Å². The topological polar surface area (TPSA) is 18.5 Å². The van der Waals surface area contributed by atoms with Crippen LogP contribution in [0.1, 0.15) is 57.8 Å². The van der Waals surface area contributed by atoms with Gasteiger partial charge in [0.05, 0.1) is 13.2 Å². The summed E-state index contributed by atoms with van der Waals surface area (Å²) in [6.07, 6.45) is 9.82. The number of unbranched alkanes of at least 4 members (excludes halogenated alkanes) is 8. The van der Waals surface area contributed by atoms with Gasteiger partial charge in [-0.3, -0.25) is 0 Å². The average Bonchev–Trinajstić information content (AvgIpc) is 3.01. The van der Waals surface area contributed by atoms with Crippen LogP contribution in [0.5, 0.6) is 11.5 Å². The Morgan fingerprint density at radius 1 is 0.349 bits per heavy atom. The minimum Gasteiger partial charge on any atom is -0.494 e. The first-order valence-corrected chi connectivity index (χ1v) is 14.6. The van der Waals surface area contributed by atoms with Crippen molar-refractivity contribution in [3.8, 4) is 33.8 Å². The zero-order valence-corrected chi connectivity index (χ0v) is 23.8. The highest BCUT2D eigenvalue weighted by atomic mass is 19.2. The molecule has 0 aliphatic heterocycles. The summed E-state index contributed by atoms with van der Waals surface area (Å²) in [5.41, 5.74) is 1.68. The van der Waals surface area contributed by atoms with Gasteiger partial charge in [0.25, 0.3) is 0 Å². The van der Waals surface area contributed by atoms with Crippen molar-refractivity contribution in [2.45, 2.75) is 57.8 Å². The molecule has 0 bridgehead atoms. The minimum atomic E-state index is -1.47. The van der Waals surface area contributed by atoms with Crippen molar-refractivity contribution >= 4 is 0 Å². The van der Waals surface area contributed by atoms with E-state index in [4.69, 9.17) is 9.47 Å². The Morgan fingerprint density at radius 2 is 0.628 bits per heavy atom. The van der Waals surface area contributed by atoms with E-state index in [1.54, 1.807) is 48.5 Å². The van der Waals surface area contributed by atoms with Gasteiger partial charge in [-0.25, -0.2) is 26.3 Å². The summed E-state index contributed by atoms with van der Waals surface area (Å²) in [6.45, 7) is 1.18. The molecule has 0 atom stereocenters. The molecule has 0 aliphatic rings. The molecule has 0 unspecified atom stereocenters. The van der Waals surface area contributed by atoms with E-state index >= 15 is 0 Å². The quantitative estimate of drug-likeness (QED) is 0.0724. The number of hydrogen-bond donors (Lipinski definition) is 0. The fraction of sp³-hybridized carbons (Fsp3) is 0.314. The summed E-state index contributed by atoms with van der Waals surface area (Å²) in [6, 6.07) is 17.6. The summed E-state index contributed by atoms with van der Waals surface area (Å²) in [7, 11) is 0. The average molecular weight is 601 g/mol. The lowest BCUT2D eigenvalue weighted by Gasteiger charge is -2.09. The molecule has 0 saturated carbocycles. The molecule has 0 spiro atoms. The van der Waals surface area contributed by atoms with Gasteiger partial charge in [0.15, 0.2) is 34.9 Å². The van der Waals surface area contributed by atoms with Crippen molar-refractivity contribution in [3.05, 3.63) is 108 Å². The van der Waals surface area contributed by atoms with Crippen molar-refractivity contribution in [2.24, 2.45) is 0 Å². The van der Waals surface area contributed by atoms with Crippen LogP contribution >= 0.6 is 0 Å². The van der Waals surface area contributed by atoms with Gasteiger partial charge in [-0.15, -0.1) is 0 Å². The third kappa shape index (κ3) is 9.53. The molecule has 4 aromatic rings. The van der Waals surface area contributed by atoms with Gasteiger partial charge in [-0.1, -0.05) is 69.2 Å². The van der Waals surface area contributed by atoms with Gasteiger partial charge in [-0.2, -0.15) is 0 Å². The summed E-state index contributed by atoms with van der Waals surface area (Å²) >= 11 is 0. The van der Waals surface area contributed by atoms with E-state index < -0.39 is 34.9 Å². The second-order valence-electron chi connectivity index (χ2n) is 10.4. The van der Waals surface area contributed by atoms with Crippen LogP contribution in [0.25, 0.3) is 22.3 Å². The highest BCUT2D eigenvalue weighted by Crippen LogP contribution is 2.27. The van der Waals surface area contributed by atoms with E-state index in [-0.39, 0.29) is 11.1 Å². The first kappa shape index (κ1) is 32.0. The highest BCUT2D eigenvalue weighted by molar-refractivity contribution is 5.65. The van der Waals surface area contributed by atoms with E-state index in [9.17, 15) is 26.3 Å².